The maximum Gasteiger partial charge on any atom is 0.243 e. The van der Waals surface area contributed by atoms with E-state index >= 15 is 0 Å². The highest BCUT2D eigenvalue weighted by molar-refractivity contribution is 8.00. The van der Waals surface area contributed by atoms with Gasteiger partial charge in [-0.05, 0) is 56.1 Å². The Balaban J connectivity index is 1.53. The van der Waals surface area contributed by atoms with Crippen LogP contribution in [0, 0.1) is 0 Å². The van der Waals surface area contributed by atoms with Gasteiger partial charge in [0.05, 0.1) is 4.90 Å². The molecule has 3 rings (SSSR count). The normalized spacial score (nSPS) is 24.3. The topological polar surface area (TPSA) is 73.8 Å². The average Bonchev–Trinajstić information content (AvgIpc) is 3.16. The molecule has 2 saturated heterocycles. The van der Waals surface area contributed by atoms with E-state index < -0.39 is 10.0 Å². The van der Waals surface area contributed by atoms with Crippen LogP contribution < -0.4 is 10.6 Å². The highest BCUT2D eigenvalue weighted by Gasteiger charge is 2.29. The summed E-state index contributed by atoms with van der Waals surface area (Å²) in [5, 5.41) is 6.73. The van der Waals surface area contributed by atoms with Gasteiger partial charge in [0.15, 0.2) is 5.96 Å². The molecule has 2 N–H and O–H groups in total. The highest BCUT2D eigenvalue weighted by Crippen LogP contribution is 2.36. The van der Waals surface area contributed by atoms with Crippen LogP contribution in [0.2, 0.25) is 0 Å². The lowest BCUT2D eigenvalue weighted by atomic mass is 10.1. The lowest BCUT2D eigenvalue weighted by Gasteiger charge is -2.26. The third-order valence-electron chi connectivity index (χ3n) is 5.49. The molecule has 2 heterocycles. The molecule has 2 aliphatic heterocycles. The second-order valence-corrected chi connectivity index (χ2v) is 11.4. The predicted molar refractivity (Wildman–Crippen MR) is 117 cm³/mol. The summed E-state index contributed by atoms with van der Waals surface area (Å²) in [7, 11) is -1.59. The van der Waals surface area contributed by atoms with Crippen molar-refractivity contribution in [1.29, 1.82) is 0 Å². The van der Waals surface area contributed by atoms with Crippen LogP contribution in [0.25, 0.3) is 0 Å². The number of rotatable bonds is 6. The van der Waals surface area contributed by atoms with Crippen molar-refractivity contribution in [3.63, 3.8) is 0 Å². The van der Waals surface area contributed by atoms with Gasteiger partial charge in [-0.25, -0.2) is 8.42 Å². The highest BCUT2D eigenvalue weighted by atomic mass is 32.2. The number of nitrogens with one attached hydrogen (secondary N) is 2. The first-order valence-corrected chi connectivity index (χ1v) is 12.5. The Bertz CT molecular complexity index is 766. The van der Waals surface area contributed by atoms with Crippen molar-refractivity contribution in [2.45, 2.75) is 55.2 Å². The zero-order valence-corrected chi connectivity index (χ0v) is 18.5. The minimum atomic E-state index is -3.37. The molecule has 0 saturated carbocycles. The summed E-state index contributed by atoms with van der Waals surface area (Å²) in [6.45, 7) is 5.06. The lowest BCUT2D eigenvalue weighted by molar-refractivity contribution is 0.346. The molecule has 6 nitrogen and oxygen atoms in total. The minimum absolute atomic E-state index is 0.280. The number of thioether (sulfide) groups is 1. The number of benzene rings is 1. The average molecular weight is 425 g/mol. The van der Waals surface area contributed by atoms with Crippen LogP contribution in [0.4, 0.5) is 0 Å². The van der Waals surface area contributed by atoms with Crippen molar-refractivity contribution in [2.24, 2.45) is 4.99 Å². The Morgan fingerprint density at radius 3 is 2.46 bits per heavy atom. The summed E-state index contributed by atoms with van der Waals surface area (Å²) >= 11 is 2.02. The second-order valence-electron chi connectivity index (χ2n) is 7.79. The van der Waals surface area contributed by atoms with Crippen molar-refractivity contribution in [3.8, 4) is 0 Å². The maximum atomic E-state index is 12.7. The van der Waals surface area contributed by atoms with Crippen LogP contribution in [0.5, 0.6) is 0 Å². The monoisotopic (exact) mass is 424 g/mol. The van der Waals surface area contributed by atoms with Crippen molar-refractivity contribution < 1.29 is 8.42 Å². The van der Waals surface area contributed by atoms with E-state index in [0.29, 0.717) is 24.5 Å². The molecule has 156 valence electrons. The Morgan fingerprint density at radius 2 is 1.86 bits per heavy atom. The van der Waals surface area contributed by atoms with Crippen LogP contribution in [0.15, 0.2) is 34.2 Å². The Hall–Kier alpha value is -1.25. The number of piperidine rings is 1. The van der Waals surface area contributed by atoms with Gasteiger partial charge in [-0.1, -0.05) is 18.6 Å². The third kappa shape index (κ3) is 5.42. The molecule has 0 aromatic heterocycles. The largest absolute Gasteiger partial charge is 0.355 e. The number of hydrogen-bond acceptors (Lipinski definition) is 4. The first-order chi connectivity index (χ1) is 13.4. The van der Waals surface area contributed by atoms with E-state index in [1.54, 1.807) is 23.5 Å². The van der Waals surface area contributed by atoms with Crippen molar-refractivity contribution in [1.82, 2.24) is 14.9 Å². The maximum absolute atomic E-state index is 12.7. The van der Waals surface area contributed by atoms with Gasteiger partial charge in [-0.3, -0.25) is 4.99 Å². The molecule has 2 aliphatic rings. The van der Waals surface area contributed by atoms with Gasteiger partial charge in [0.25, 0.3) is 0 Å². The van der Waals surface area contributed by atoms with Gasteiger partial charge in [0.1, 0.15) is 0 Å². The van der Waals surface area contributed by atoms with E-state index in [9.17, 15) is 8.42 Å². The van der Waals surface area contributed by atoms with Gasteiger partial charge >= 0.3 is 0 Å². The summed E-state index contributed by atoms with van der Waals surface area (Å²) in [6, 6.07) is 7.19. The predicted octanol–water partition coefficient (Wildman–Crippen LogP) is 2.81. The molecule has 0 aliphatic carbocycles. The van der Waals surface area contributed by atoms with Crippen LogP contribution in [0.3, 0.4) is 0 Å². The van der Waals surface area contributed by atoms with E-state index in [1.165, 1.54) is 18.6 Å². The van der Waals surface area contributed by atoms with Gasteiger partial charge in [-0.2, -0.15) is 16.1 Å². The number of aliphatic imine (C=N–C) groups is 1. The van der Waals surface area contributed by atoms with E-state index in [0.717, 1.165) is 37.3 Å². The molecule has 0 radical (unpaired) electrons. The number of hydrogen-bond donors (Lipinski definition) is 2. The molecule has 2 fully saturated rings. The molecule has 1 aromatic rings. The zero-order chi connectivity index (χ0) is 20.0. The van der Waals surface area contributed by atoms with Gasteiger partial charge in [-0.15, -0.1) is 0 Å². The van der Waals surface area contributed by atoms with Gasteiger partial charge in [0.2, 0.25) is 10.0 Å². The Labute approximate surface area is 173 Å². The summed E-state index contributed by atoms with van der Waals surface area (Å²) in [6.07, 6.45) is 5.52. The first-order valence-electron chi connectivity index (χ1n) is 10.1. The number of guanidine groups is 1. The molecular formula is C20H32N4O2S2. The minimum Gasteiger partial charge on any atom is -0.355 e. The summed E-state index contributed by atoms with van der Waals surface area (Å²) in [4.78, 5) is 4.68. The molecule has 1 atom stereocenters. The Kier molecular flexibility index (Phi) is 7.28. The zero-order valence-electron chi connectivity index (χ0n) is 16.9. The quantitative estimate of drug-likeness (QED) is 0.543. The molecule has 1 unspecified atom stereocenters. The van der Waals surface area contributed by atoms with E-state index in [2.05, 4.69) is 22.5 Å². The fourth-order valence-corrected chi connectivity index (χ4v) is 6.45. The van der Waals surface area contributed by atoms with Crippen LogP contribution in [-0.2, 0) is 16.6 Å². The van der Waals surface area contributed by atoms with Crippen molar-refractivity contribution in [3.05, 3.63) is 29.8 Å². The first kappa shape index (κ1) is 21.5. The van der Waals surface area contributed by atoms with Crippen LogP contribution >= 0.6 is 11.8 Å². The van der Waals surface area contributed by atoms with Crippen molar-refractivity contribution in [2.75, 3.05) is 32.4 Å². The summed E-state index contributed by atoms with van der Waals surface area (Å²) in [5.41, 5.74) is 1.03. The van der Waals surface area contributed by atoms with Crippen molar-refractivity contribution >= 4 is 27.7 Å². The lowest BCUT2D eigenvalue weighted by Crippen LogP contribution is -2.43. The van der Waals surface area contributed by atoms with Crippen LogP contribution in [-0.4, -0.2) is 55.9 Å². The third-order valence-corrected chi connectivity index (χ3v) is 8.94. The SMILES string of the molecule is CN=C(NCc1ccc(S(=O)(=O)N2CCCCC2)cc1)NCC1(C)CCCS1. The molecule has 1 aromatic carbocycles. The number of nitrogens with zero attached hydrogens (tertiary/aromatic N) is 2. The van der Waals surface area contributed by atoms with E-state index in [-0.39, 0.29) is 4.75 Å². The molecule has 0 bridgehead atoms. The fraction of sp³-hybridized carbons (Fsp3) is 0.650. The molecule has 28 heavy (non-hydrogen) atoms. The van der Waals surface area contributed by atoms with E-state index in [1.807, 2.05) is 23.9 Å². The number of sulfonamides is 1. The van der Waals surface area contributed by atoms with Crippen LogP contribution in [0.1, 0.15) is 44.6 Å². The molecule has 0 spiro atoms. The summed E-state index contributed by atoms with van der Waals surface area (Å²) < 4.78 is 27.4. The summed E-state index contributed by atoms with van der Waals surface area (Å²) in [5.74, 6) is 2.01. The fourth-order valence-electron chi connectivity index (χ4n) is 3.69. The van der Waals surface area contributed by atoms with Gasteiger partial charge in [0, 0.05) is 38.0 Å². The van der Waals surface area contributed by atoms with Gasteiger partial charge < -0.3 is 10.6 Å². The standard InChI is InChI=1S/C20H32N4O2S2/c1-20(11-6-14-27-20)16-23-19(21-2)22-15-17-7-9-18(10-8-17)28(25,26)24-12-4-3-5-13-24/h7-10H,3-6,11-16H2,1-2H3,(H2,21,22,23). The smallest absolute Gasteiger partial charge is 0.243 e. The Morgan fingerprint density at radius 1 is 1.14 bits per heavy atom. The second kappa shape index (κ2) is 9.50. The van der Waals surface area contributed by atoms with E-state index in [4.69, 9.17) is 0 Å². The molecular weight excluding hydrogens is 392 g/mol. The molecule has 0 amide bonds. The molecule has 8 heteroatoms.